The highest BCUT2D eigenvalue weighted by Gasteiger charge is 2.49. The fraction of sp³-hybridized carbons (Fsp3) is 0.579. The van der Waals surface area contributed by atoms with E-state index in [9.17, 15) is 14.7 Å². The molecule has 1 aliphatic heterocycles. The fourth-order valence-electron chi connectivity index (χ4n) is 3.16. The number of ether oxygens (including phenoxy) is 1. The van der Waals surface area contributed by atoms with Crippen molar-refractivity contribution in [3.63, 3.8) is 0 Å². The van der Waals surface area contributed by atoms with E-state index in [0.29, 0.717) is 18.6 Å². The van der Waals surface area contributed by atoms with Gasteiger partial charge in [0, 0.05) is 6.42 Å². The minimum atomic E-state index is -0.901. The lowest BCUT2D eigenvalue weighted by atomic mass is 9.81. The Hall–Kier alpha value is -1.88. The summed E-state index contributed by atoms with van der Waals surface area (Å²) in [5.74, 6) is 0.349. The van der Waals surface area contributed by atoms with Gasteiger partial charge in [0.15, 0.2) is 0 Å². The summed E-state index contributed by atoms with van der Waals surface area (Å²) in [5.41, 5.74) is 1.47. The van der Waals surface area contributed by atoms with Gasteiger partial charge in [-0.2, -0.15) is 0 Å². The zero-order valence-electron chi connectivity index (χ0n) is 15.0. The Balaban J connectivity index is 1.97. The molecule has 0 bridgehead atoms. The lowest BCUT2D eigenvalue weighted by Gasteiger charge is -2.25. The highest BCUT2D eigenvalue weighted by Crippen LogP contribution is 2.39. The molecule has 1 aromatic carbocycles. The smallest absolute Gasteiger partial charge is 0.235 e. The quantitative estimate of drug-likeness (QED) is 0.779. The summed E-state index contributed by atoms with van der Waals surface area (Å²) in [5, 5.41) is 10.2. The largest absolute Gasteiger partial charge is 0.491 e. The third kappa shape index (κ3) is 3.61. The van der Waals surface area contributed by atoms with E-state index in [1.165, 1.54) is 4.90 Å². The lowest BCUT2D eigenvalue weighted by Crippen LogP contribution is -2.41. The van der Waals surface area contributed by atoms with Crippen LogP contribution in [0.15, 0.2) is 18.2 Å². The van der Waals surface area contributed by atoms with Gasteiger partial charge in [0.2, 0.25) is 11.8 Å². The highest BCUT2D eigenvalue weighted by atomic mass is 16.5. The van der Waals surface area contributed by atoms with Gasteiger partial charge in [0.25, 0.3) is 0 Å². The predicted octanol–water partition coefficient (Wildman–Crippen LogP) is 2.61. The van der Waals surface area contributed by atoms with E-state index in [2.05, 4.69) is 0 Å². The third-order valence-corrected chi connectivity index (χ3v) is 5.01. The molecule has 1 aromatic rings. The molecule has 24 heavy (non-hydrogen) atoms. The van der Waals surface area contributed by atoms with Crippen molar-refractivity contribution in [3.8, 4) is 5.75 Å². The maximum atomic E-state index is 12.6. The van der Waals surface area contributed by atoms with Crippen molar-refractivity contribution in [2.45, 2.75) is 53.1 Å². The molecule has 1 fully saturated rings. The number of rotatable bonds is 7. The van der Waals surface area contributed by atoms with Crippen LogP contribution in [0.5, 0.6) is 5.75 Å². The minimum absolute atomic E-state index is 0.00964. The van der Waals surface area contributed by atoms with E-state index >= 15 is 0 Å². The molecule has 1 atom stereocenters. The standard InChI is InChI=1S/C19H27NO4/c1-5-19(6-2)10-17(22)20(18(19)23)11-15(21)12-24-16-9-13(3)7-8-14(16)4/h7-9,15,21H,5-6,10-12H2,1-4H3/t15-/m1/s1. The maximum Gasteiger partial charge on any atom is 0.235 e. The molecule has 0 aromatic heterocycles. The Kier molecular flexibility index (Phi) is 5.65. The molecule has 0 radical (unpaired) electrons. The number of nitrogens with zero attached hydrogens (tertiary/aromatic N) is 1. The average Bonchev–Trinajstić information content (AvgIpc) is 2.80. The number of likely N-dealkylation sites (tertiary alicyclic amines) is 1. The molecule has 1 saturated heterocycles. The molecule has 2 rings (SSSR count). The minimum Gasteiger partial charge on any atom is -0.491 e. The van der Waals surface area contributed by atoms with E-state index in [4.69, 9.17) is 4.74 Å². The van der Waals surface area contributed by atoms with Gasteiger partial charge in [-0.15, -0.1) is 0 Å². The van der Waals surface area contributed by atoms with E-state index in [1.54, 1.807) is 0 Å². The summed E-state index contributed by atoms with van der Waals surface area (Å²) in [4.78, 5) is 25.9. The molecule has 2 amide bonds. The highest BCUT2D eigenvalue weighted by molar-refractivity contribution is 6.05. The second kappa shape index (κ2) is 7.34. The van der Waals surface area contributed by atoms with Gasteiger partial charge >= 0.3 is 0 Å². The topological polar surface area (TPSA) is 66.8 Å². The van der Waals surface area contributed by atoms with Crippen LogP contribution in [-0.2, 0) is 9.59 Å². The number of aliphatic hydroxyl groups is 1. The van der Waals surface area contributed by atoms with Crippen LogP contribution in [0, 0.1) is 19.3 Å². The molecule has 0 spiro atoms. The first-order chi connectivity index (χ1) is 11.3. The summed E-state index contributed by atoms with van der Waals surface area (Å²) in [6, 6.07) is 5.87. The summed E-state index contributed by atoms with van der Waals surface area (Å²) >= 11 is 0. The van der Waals surface area contributed by atoms with Gasteiger partial charge in [-0.3, -0.25) is 14.5 Å². The Bertz CT molecular complexity index is 622. The second-order valence-corrected chi connectivity index (χ2v) is 6.71. The van der Waals surface area contributed by atoms with Gasteiger partial charge in [-0.25, -0.2) is 0 Å². The fourth-order valence-corrected chi connectivity index (χ4v) is 3.16. The van der Waals surface area contributed by atoms with Gasteiger partial charge < -0.3 is 9.84 Å². The van der Waals surface area contributed by atoms with Crippen molar-refractivity contribution in [2.24, 2.45) is 5.41 Å². The van der Waals surface area contributed by atoms with Crippen molar-refractivity contribution in [1.29, 1.82) is 0 Å². The Morgan fingerprint density at radius 1 is 1.25 bits per heavy atom. The number of hydrogen-bond donors (Lipinski definition) is 1. The number of aryl methyl sites for hydroxylation is 2. The molecule has 0 aliphatic carbocycles. The molecule has 0 unspecified atom stereocenters. The zero-order valence-corrected chi connectivity index (χ0v) is 15.0. The summed E-state index contributed by atoms with van der Waals surface area (Å²) in [7, 11) is 0. The summed E-state index contributed by atoms with van der Waals surface area (Å²) in [6.45, 7) is 7.80. The van der Waals surface area contributed by atoms with Crippen LogP contribution in [0.2, 0.25) is 0 Å². The van der Waals surface area contributed by atoms with Crippen molar-refractivity contribution in [2.75, 3.05) is 13.2 Å². The molecule has 132 valence electrons. The Morgan fingerprint density at radius 2 is 1.92 bits per heavy atom. The van der Waals surface area contributed by atoms with Crippen LogP contribution in [0.1, 0.15) is 44.2 Å². The summed E-state index contributed by atoms with van der Waals surface area (Å²) < 4.78 is 5.67. The van der Waals surface area contributed by atoms with Crippen LogP contribution in [-0.4, -0.2) is 41.1 Å². The first-order valence-corrected chi connectivity index (χ1v) is 8.56. The van der Waals surface area contributed by atoms with E-state index in [1.807, 2.05) is 45.9 Å². The van der Waals surface area contributed by atoms with E-state index in [-0.39, 0.29) is 31.4 Å². The van der Waals surface area contributed by atoms with Gasteiger partial charge in [-0.1, -0.05) is 26.0 Å². The second-order valence-electron chi connectivity index (χ2n) is 6.71. The zero-order chi connectivity index (χ0) is 17.9. The molecule has 1 heterocycles. The number of hydrogen-bond acceptors (Lipinski definition) is 4. The first-order valence-electron chi connectivity index (χ1n) is 8.56. The van der Waals surface area contributed by atoms with Gasteiger partial charge in [0.1, 0.15) is 18.5 Å². The Labute approximate surface area is 143 Å². The number of aliphatic hydroxyl groups excluding tert-OH is 1. The van der Waals surface area contributed by atoms with Crippen molar-refractivity contribution in [3.05, 3.63) is 29.3 Å². The molecular formula is C19H27NO4. The van der Waals surface area contributed by atoms with Crippen LogP contribution < -0.4 is 4.74 Å². The van der Waals surface area contributed by atoms with Gasteiger partial charge in [0.05, 0.1) is 12.0 Å². The van der Waals surface area contributed by atoms with E-state index < -0.39 is 11.5 Å². The third-order valence-electron chi connectivity index (χ3n) is 5.01. The molecular weight excluding hydrogens is 306 g/mol. The van der Waals surface area contributed by atoms with Crippen LogP contribution in [0.4, 0.5) is 0 Å². The molecule has 5 heteroatoms. The number of β-amino-alcohol motifs (C(OH)–C–C–N with tert-alkyl or cyclic N) is 1. The molecule has 0 saturated carbocycles. The van der Waals surface area contributed by atoms with Crippen molar-refractivity contribution >= 4 is 11.8 Å². The van der Waals surface area contributed by atoms with Crippen LogP contribution in [0.3, 0.4) is 0 Å². The number of amides is 2. The SMILES string of the molecule is CCC1(CC)CC(=O)N(C[C@@H](O)COc2cc(C)ccc2C)C1=O. The van der Waals surface area contributed by atoms with Crippen molar-refractivity contribution < 1.29 is 19.4 Å². The average molecular weight is 333 g/mol. The molecule has 1 N–H and O–H groups in total. The number of carbonyl (C=O) groups is 2. The monoisotopic (exact) mass is 333 g/mol. The normalized spacial score (nSPS) is 18.1. The molecule has 1 aliphatic rings. The van der Waals surface area contributed by atoms with Gasteiger partial charge in [-0.05, 0) is 43.9 Å². The number of carbonyl (C=O) groups excluding carboxylic acids is 2. The number of benzene rings is 1. The van der Waals surface area contributed by atoms with Crippen molar-refractivity contribution in [1.82, 2.24) is 4.90 Å². The van der Waals surface area contributed by atoms with Crippen LogP contribution in [0.25, 0.3) is 0 Å². The lowest BCUT2D eigenvalue weighted by molar-refractivity contribution is -0.143. The predicted molar refractivity (Wildman–Crippen MR) is 91.8 cm³/mol. The first kappa shape index (κ1) is 18.5. The maximum absolute atomic E-state index is 12.6. The summed E-state index contributed by atoms with van der Waals surface area (Å²) in [6.07, 6.45) is 0.616. The van der Waals surface area contributed by atoms with E-state index in [0.717, 1.165) is 11.1 Å². The molecule has 5 nitrogen and oxygen atoms in total. The Morgan fingerprint density at radius 3 is 2.50 bits per heavy atom. The van der Waals surface area contributed by atoms with Crippen LogP contribution >= 0.6 is 0 Å². The number of imide groups is 1.